The van der Waals surface area contributed by atoms with E-state index in [1.165, 1.54) is 61.2 Å². The molecule has 8 rings (SSSR count). The maximum Gasteiger partial charge on any atom is 0.0507 e. The van der Waals surface area contributed by atoms with Crippen LogP contribution < -0.4 is 4.90 Å². The summed E-state index contributed by atoms with van der Waals surface area (Å²) in [6.45, 7) is 7.30. The van der Waals surface area contributed by atoms with Gasteiger partial charge >= 0.3 is 0 Å². The van der Waals surface area contributed by atoms with E-state index < -0.39 is 0 Å². The first-order valence-corrected chi connectivity index (χ1v) is 13.3. The molecular formula is C36H29N. The summed E-state index contributed by atoms with van der Waals surface area (Å²) >= 11 is 0. The number of hydrogen-bond donors (Lipinski definition) is 0. The van der Waals surface area contributed by atoms with Crippen LogP contribution in [0.5, 0.6) is 0 Å². The maximum absolute atomic E-state index is 2.53. The van der Waals surface area contributed by atoms with Crippen molar-refractivity contribution in [1.82, 2.24) is 0 Å². The third kappa shape index (κ3) is 2.50. The lowest BCUT2D eigenvalue weighted by Crippen LogP contribution is -2.42. The van der Waals surface area contributed by atoms with Crippen LogP contribution in [0.15, 0.2) is 115 Å². The van der Waals surface area contributed by atoms with Gasteiger partial charge in [-0.25, -0.2) is 0 Å². The molecule has 2 aliphatic carbocycles. The average molecular weight is 476 g/mol. The minimum absolute atomic E-state index is 0.0422. The topological polar surface area (TPSA) is 3.24 Å². The summed E-state index contributed by atoms with van der Waals surface area (Å²) in [5.41, 5.74) is 12.3. The monoisotopic (exact) mass is 475 g/mol. The molecule has 37 heavy (non-hydrogen) atoms. The van der Waals surface area contributed by atoms with Gasteiger partial charge in [-0.2, -0.15) is 0 Å². The van der Waals surface area contributed by atoms with Crippen molar-refractivity contribution in [2.24, 2.45) is 0 Å². The van der Waals surface area contributed by atoms with Gasteiger partial charge in [0.1, 0.15) is 0 Å². The third-order valence-corrected chi connectivity index (χ3v) is 9.37. The van der Waals surface area contributed by atoms with Gasteiger partial charge in [0, 0.05) is 28.1 Å². The number of para-hydroxylation sites is 1. The van der Waals surface area contributed by atoms with Gasteiger partial charge in [0.25, 0.3) is 0 Å². The first-order valence-electron chi connectivity index (χ1n) is 13.3. The Morgan fingerprint density at radius 1 is 0.649 bits per heavy atom. The zero-order chi connectivity index (χ0) is 24.9. The van der Waals surface area contributed by atoms with Crippen molar-refractivity contribution in [2.45, 2.75) is 37.5 Å². The second kappa shape index (κ2) is 7.01. The summed E-state index contributed by atoms with van der Waals surface area (Å²) in [7, 11) is 0. The van der Waals surface area contributed by atoms with E-state index in [0.29, 0.717) is 0 Å². The molecule has 0 radical (unpaired) electrons. The molecule has 0 bridgehead atoms. The van der Waals surface area contributed by atoms with E-state index in [1.54, 1.807) is 0 Å². The molecule has 1 nitrogen and oxygen atoms in total. The molecule has 5 aromatic carbocycles. The van der Waals surface area contributed by atoms with Gasteiger partial charge in [-0.05, 0) is 75.4 Å². The standard InChI is InChI=1S/C36H29N/c1-35(2)28-18-10-9-17-27(28)34-32-24(13-11-19-29(32)35)22-31-36(34,3)33-26-16-8-7-12-23(26)20-21-30(33)37(31)25-14-5-4-6-15-25/h4-22,34H,1-3H3. The Bertz CT molecular complexity index is 1770. The van der Waals surface area contributed by atoms with E-state index in [2.05, 4.69) is 141 Å². The van der Waals surface area contributed by atoms with Crippen molar-refractivity contribution in [3.05, 3.63) is 148 Å². The molecular weight excluding hydrogens is 446 g/mol. The normalized spacial score (nSPS) is 22.1. The molecule has 0 N–H and O–H groups in total. The van der Waals surface area contributed by atoms with Gasteiger partial charge in [0.15, 0.2) is 0 Å². The summed E-state index contributed by atoms with van der Waals surface area (Å²) in [5.74, 6) is 0.237. The number of fused-ring (bicyclic) bond motifs is 8. The van der Waals surface area contributed by atoms with E-state index in [4.69, 9.17) is 0 Å². The Balaban J connectivity index is 1.56. The van der Waals surface area contributed by atoms with Gasteiger partial charge in [0.2, 0.25) is 0 Å². The number of nitrogens with zero attached hydrogens (tertiary/aromatic N) is 1. The summed E-state index contributed by atoms with van der Waals surface area (Å²) in [5, 5.41) is 2.66. The third-order valence-electron chi connectivity index (χ3n) is 9.37. The molecule has 1 heteroatoms. The molecule has 0 aromatic heterocycles. The SMILES string of the molecule is CC1(C)c2ccccc2C2c3c(cccc31)C=C1N(c3ccccc3)c3ccc4ccccc4c3C12C. The van der Waals surface area contributed by atoms with Gasteiger partial charge < -0.3 is 4.90 Å². The minimum atomic E-state index is -0.220. The Morgan fingerprint density at radius 3 is 2.24 bits per heavy atom. The zero-order valence-electron chi connectivity index (χ0n) is 21.5. The molecule has 1 aliphatic heterocycles. The number of benzene rings is 5. The van der Waals surface area contributed by atoms with Gasteiger partial charge in [0.05, 0.1) is 5.69 Å². The summed E-state index contributed by atoms with van der Waals surface area (Å²) in [4.78, 5) is 2.53. The van der Waals surface area contributed by atoms with Crippen LogP contribution in [0.3, 0.4) is 0 Å². The van der Waals surface area contributed by atoms with Crippen LogP contribution in [0.1, 0.15) is 60.1 Å². The fourth-order valence-electron chi connectivity index (χ4n) is 7.79. The number of rotatable bonds is 1. The van der Waals surface area contributed by atoms with Crippen molar-refractivity contribution < 1.29 is 0 Å². The minimum Gasteiger partial charge on any atom is -0.313 e. The zero-order valence-corrected chi connectivity index (χ0v) is 21.5. The lowest BCUT2D eigenvalue weighted by atomic mass is 9.54. The molecule has 0 fully saturated rings. The van der Waals surface area contributed by atoms with Gasteiger partial charge in [-0.15, -0.1) is 0 Å². The summed E-state index contributed by atoms with van der Waals surface area (Å²) in [6, 6.07) is 40.6. The summed E-state index contributed by atoms with van der Waals surface area (Å²) < 4.78 is 0. The second-order valence-corrected chi connectivity index (χ2v) is 11.5. The second-order valence-electron chi connectivity index (χ2n) is 11.5. The van der Waals surface area contributed by atoms with Crippen molar-refractivity contribution in [3.63, 3.8) is 0 Å². The number of hydrogen-bond acceptors (Lipinski definition) is 1. The first kappa shape index (κ1) is 21.0. The van der Waals surface area contributed by atoms with Crippen molar-refractivity contribution in [3.8, 4) is 0 Å². The first-order chi connectivity index (χ1) is 18.0. The molecule has 3 aliphatic rings. The average Bonchev–Trinajstić information content (AvgIpc) is 3.19. The Hall–Kier alpha value is -4.10. The highest BCUT2D eigenvalue weighted by Crippen LogP contribution is 2.66. The Morgan fingerprint density at radius 2 is 1.38 bits per heavy atom. The molecule has 0 saturated carbocycles. The molecule has 0 spiro atoms. The highest BCUT2D eigenvalue weighted by molar-refractivity contribution is 5.99. The van der Waals surface area contributed by atoms with E-state index in [1.807, 2.05) is 0 Å². The van der Waals surface area contributed by atoms with Crippen LogP contribution in [0.25, 0.3) is 16.8 Å². The van der Waals surface area contributed by atoms with E-state index in [-0.39, 0.29) is 16.7 Å². The highest BCUT2D eigenvalue weighted by Gasteiger charge is 2.56. The molecule has 1 heterocycles. The van der Waals surface area contributed by atoms with Crippen LogP contribution in [0.4, 0.5) is 11.4 Å². The highest BCUT2D eigenvalue weighted by atomic mass is 15.2. The fourth-order valence-corrected chi connectivity index (χ4v) is 7.79. The lowest BCUT2D eigenvalue weighted by molar-refractivity contribution is 0.461. The molecule has 5 aromatic rings. The predicted molar refractivity (Wildman–Crippen MR) is 155 cm³/mol. The maximum atomic E-state index is 2.53. The van der Waals surface area contributed by atoms with Crippen LogP contribution in [0.2, 0.25) is 0 Å². The van der Waals surface area contributed by atoms with Gasteiger partial charge in [-0.3, -0.25) is 0 Å². The Labute approximate surface area is 218 Å². The van der Waals surface area contributed by atoms with Crippen LogP contribution in [0, 0.1) is 0 Å². The predicted octanol–water partition coefficient (Wildman–Crippen LogP) is 9.08. The summed E-state index contributed by atoms with van der Waals surface area (Å²) in [6.07, 6.45) is 2.49. The van der Waals surface area contributed by atoms with E-state index >= 15 is 0 Å². The fraction of sp³-hybridized carbons (Fsp3) is 0.167. The van der Waals surface area contributed by atoms with Crippen molar-refractivity contribution in [2.75, 3.05) is 4.90 Å². The van der Waals surface area contributed by atoms with Crippen molar-refractivity contribution >= 4 is 28.2 Å². The lowest BCUT2D eigenvalue weighted by Gasteiger charge is -2.49. The number of allylic oxidation sites excluding steroid dienone is 1. The van der Waals surface area contributed by atoms with Crippen LogP contribution in [-0.2, 0) is 10.8 Å². The molecule has 178 valence electrons. The quantitative estimate of drug-likeness (QED) is 0.234. The molecule has 0 amide bonds. The molecule has 2 unspecified atom stereocenters. The molecule has 2 atom stereocenters. The van der Waals surface area contributed by atoms with Gasteiger partial charge in [-0.1, -0.05) is 105 Å². The van der Waals surface area contributed by atoms with Crippen molar-refractivity contribution in [1.29, 1.82) is 0 Å². The van der Waals surface area contributed by atoms with Crippen LogP contribution >= 0.6 is 0 Å². The molecule has 0 saturated heterocycles. The largest absolute Gasteiger partial charge is 0.313 e. The van der Waals surface area contributed by atoms with Crippen LogP contribution in [-0.4, -0.2) is 0 Å². The Kier molecular flexibility index (Phi) is 3.99. The van der Waals surface area contributed by atoms with E-state index in [9.17, 15) is 0 Å². The van der Waals surface area contributed by atoms with E-state index in [0.717, 1.165) is 0 Å². The number of anilines is 2. The smallest absolute Gasteiger partial charge is 0.0507 e.